The van der Waals surface area contributed by atoms with Gasteiger partial charge in [0.15, 0.2) is 0 Å². The first-order valence-electron chi connectivity index (χ1n) is 7.46. The molecule has 1 saturated heterocycles. The highest BCUT2D eigenvalue weighted by molar-refractivity contribution is 5.73. The van der Waals surface area contributed by atoms with Gasteiger partial charge in [-0.3, -0.25) is 4.79 Å². The van der Waals surface area contributed by atoms with Crippen LogP contribution in [-0.4, -0.2) is 47.2 Å². The van der Waals surface area contributed by atoms with Crippen molar-refractivity contribution in [2.24, 2.45) is 0 Å². The molecule has 1 aliphatic rings. The first-order valence-corrected chi connectivity index (χ1v) is 7.46. The van der Waals surface area contributed by atoms with E-state index in [4.69, 9.17) is 9.84 Å². The summed E-state index contributed by atoms with van der Waals surface area (Å²) >= 11 is 0. The van der Waals surface area contributed by atoms with Gasteiger partial charge in [-0.1, -0.05) is 37.3 Å². The molecule has 120 valence electrons. The molecule has 1 unspecified atom stereocenters. The molecule has 1 aromatic carbocycles. The number of benzene rings is 1. The minimum Gasteiger partial charge on any atom is -0.481 e. The van der Waals surface area contributed by atoms with Crippen LogP contribution in [0.4, 0.5) is 4.79 Å². The number of ether oxygens (including phenoxy) is 1. The molecule has 1 amide bonds. The van der Waals surface area contributed by atoms with Crippen molar-refractivity contribution in [2.75, 3.05) is 19.6 Å². The van der Waals surface area contributed by atoms with Crippen molar-refractivity contribution in [3.63, 3.8) is 0 Å². The fraction of sp³-hybridized carbons (Fsp3) is 0.500. The van der Waals surface area contributed by atoms with Gasteiger partial charge in [0.25, 0.3) is 0 Å². The number of likely N-dealkylation sites (tertiary alicyclic amines) is 1. The number of hydrogen-bond acceptors (Lipinski definition) is 4. The van der Waals surface area contributed by atoms with E-state index >= 15 is 0 Å². The quantitative estimate of drug-likeness (QED) is 0.838. The van der Waals surface area contributed by atoms with Crippen LogP contribution in [0.2, 0.25) is 0 Å². The van der Waals surface area contributed by atoms with E-state index in [0.29, 0.717) is 13.0 Å². The fourth-order valence-electron chi connectivity index (χ4n) is 2.78. The van der Waals surface area contributed by atoms with Crippen LogP contribution in [0.15, 0.2) is 30.3 Å². The topological polar surface area (TPSA) is 78.9 Å². The second-order valence-electron chi connectivity index (χ2n) is 5.66. The van der Waals surface area contributed by atoms with E-state index in [2.05, 4.69) is 10.2 Å². The molecule has 1 heterocycles. The summed E-state index contributed by atoms with van der Waals surface area (Å²) in [6.07, 6.45) is -0.0413. The fourth-order valence-corrected chi connectivity index (χ4v) is 2.78. The first-order chi connectivity index (χ1) is 10.5. The van der Waals surface area contributed by atoms with Gasteiger partial charge in [-0.05, 0) is 18.5 Å². The van der Waals surface area contributed by atoms with Gasteiger partial charge in [0, 0.05) is 13.1 Å². The number of amides is 1. The molecule has 22 heavy (non-hydrogen) atoms. The van der Waals surface area contributed by atoms with Gasteiger partial charge in [0.2, 0.25) is 0 Å². The molecule has 1 atom stereocenters. The van der Waals surface area contributed by atoms with Crippen molar-refractivity contribution in [1.82, 2.24) is 10.2 Å². The maximum atomic E-state index is 12.0. The summed E-state index contributed by atoms with van der Waals surface area (Å²) < 4.78 is 5.20. The third-order valence-electron chi connectivity index (χ3n) is 3.95. The lowest BCUT2D eigenvalue weighted by Gasteiger charge is -2.28. The Balaban J connectivity index is 1.92. The number of nitrogens with zero attached hydrogens (tertiary/aromatic N) is 1. The molecule has 0 spiro atoms. The van der Waals surface area contributed by atoms with Crippen molar-refractivity contribution in [3.8, 4) is 0 Å². The molecule has 1 fully saturated rings. The molecule has 0 aromatic heterocycles. The summed E-state index contributed by atoms with van der Waals surface area (Å²) in [7, 11) is 0. The lowest BCUT2D eigenvalue weighted by Crippen LogP contribution is -2.51. The van der Waals surface area contributed by atoms with Crippen molar-refractivity contribution in [2.45, 2.75) is 31.9 Å². The van der Waals surface area contributed by atoms with E-state index in [0.717, 1.165) is 18.7 Å². The van der Waals surface area contributed by atoms with Gasteiger partial charge in [-0.15, -0.1) is 0 Å². The van der Waals surface area contributed by atoms with Crippen molar-refractivity contribution in [3.05, 3.63) is 35.9 Å². The van der Waals surface area contributed by atoms with Crippen LogP contribution in [-0.2, 0) is 16.1 Å². The van der Waals surface area contributed by atoms with Crippen LogP contribution in [0.25, 0.3) is 0 Å². The van der Waals surface area contributed by atoms with Gasteiger partial charge in [-0.25, -0.2) is 4.79 Å². The van der Waals surface area contributed by atoms with Gasteiger partial charge in [-0.2, -0.15) is 0 Å². The molecule has 6 heteroatoms. The molecule has 0 saturated carbocycles. The Morgan fingerprint density at radius 2 is 2.09 bits per heavy atom. The minimum absolute atomic E-state index is 0.0933. The van der Waals surface area contributed by atoms with Crippen LogP contribution in [0.5, 0.6) is 0 Å². The van der Waals surface area contributed by atoms with Gasteiger partial charge < -0.3 is 20.1 Å². The largest absolute Gasteiger partial charge is 0.481 e. The van der Waals surface area contributed by atoms with Crippen molar-refractivity contribution < 1.29 is 19.4 Å². The number of likely N-dealkylation sites (N-methyl/N-ethyl adjacent to an activating group) is 1. The van der Waals surface area contributed by atoms with Crippen LogP contribution >= 0.6 is 0 Å². The number of hydrogen-bond donors (Lipinski definition) is 2. The third-order valence-corrected chi connectivity index (χ3v) is 3.95. The summed E-state index contributed by atoms with van der Waals surface area (Å²) in [5.74, 6) is -0.915. The predicted molar refractivity (Wildman–Crippen MR) is 81.5 cm³/mol. The molecule has 2 rings (SSSR count). The zero-order valence-corrected chi connectivity index (χ0v) is 12.7. The summed E-state index contributed by atoms with van der Waals surface area (Å²) in [5.41, 5.74) is 0.154. The van der Waals surface area contributed by atoms with Gasteiger partial charge in [0.05, 0.1) is 12.0 Å². The summed E-state index contributed by atoms with van der Waals surface area (Å²) in [6, 6.07) is 9.38. The summed E-state index contributed by atoms with van der Waals surface area (Å²) in [5, 5.41) is 11.9. The van der Waals surface area contributed by atoms with Crippen molar-refractivity contribution in [1.29, 1.82) is 0 Å². The number of rotatable bonds is 6. The molecule has 0 radical (unpaired) electrons. The Morgan fingerprint density at radius 3 is 2.68 bits per heavy atom. The third kappa shape index (κ3) is 4.46. The van der Waals surface area contributed by atoms with E-state index in [9.17, 15) is 9.59 Å². The molecular weight excluding hydrogens is 284 g/mol. The summed E-state index contributed by atoms with van der Waals surface area (Å²) in [4.78, 5) is 25.2. The first kappa shape index (κ1) is 16.3. The second-order valence-corrected chi connectivity index (χ2v) is 5.66. The standard InChI is InChI=1S/C16H22N2O4/c1-2-18-9-8-16(12-18,10-14(19)20)17-15(21)22-11-13-6-4-3-5-7-13/h3-7H,2,8-12H2,1H3,(H,17,21)(H,19,20). The average molecular weight is 306 g/mol. The highest BCUT2D eigenvalue weighted by Crippen LogP contribution is 2.25. The van der Waals surface area contributed by atoms with Crippen LogP contribution in [0, 0.1) is 0 Å². The zero-order chi connectivity index (χ0) is 16.0. The monoisotopic (exact) mass is 306 g/mol. The lowest BCUT2D eigenvalue weighted by atomic mass is 9.94. The molecule has 0 bridgehead atoms. The number of nitrogens with one attached hydrogen (secondary N) is 1. The highest BCUT2D eigenvalue weighted by Gasteiger charge is 2.41. The number of carbonyl (C=O) groups excluding carboxylic acids is 1. The number of carbonyl (C=O) groups is 2. The Bertz CT molecular complexity index is 520. The molecular formula is C16H22N2O4. The van der Waals surface area contributed by atoms with Gasteiger partial charge in [0.1, 0.15) is 6.61 Å². The maximum Gasteiger partial charge on any atom is 0.407 e. The van der Waals surface area contributed by atoms with Crippen LogP contribution in [0.3, 0.4) is 0 Å². The molecule has 0 aliphatic carbocycles. The van der Waals surface area contributed by atoms with E-state index in [-0.39, 0.29) is 13.0 Å². The SMILES string of the molecule is CCN1CCC(CC(=O)O)(NC(=O)OCc2ccccc2)C1. The van der Waals surface area contributed by atoms with E-state index in [1.807, 2.05) is 37.3 Å². The molecule has 2 N–H and O–H groups in total. The average Bonchev–Trinajstić information content (AvgIpc) is 2.88. The predicted octanol–water partition coefficient (Wildman–Crippen LogP) is 1.85. The van der Waals surface area contributed by atoms with E-state index in [1.54, 1.807) is 0 Å². The number of aliphatic carboxylic acids is 1. The Kier molecular flexibility index (Phi) is 5.38. The van der Waals surface area contributed by atoms with Gasteiger partial charge >= 0.3 is 12.1 Å². The number of carboxylic acids is 1. The summed E-state index contributed by atoms with van der Waals surface area (Å²) in [6.45, 7) is 4.35. The molecule has 1 aromatic rings. The zero-order valence-electron chi connectivity index (χ0n) is 12.7. The normalized spacial score (nSPS) is 21.5. The number of alkyl carbamates (subject to hydrolysis) is 1. The highest BCUT2D eigenvalue weighted by atomic mass is 16.5. The van der Waals surface area contributed by atoms with Crippen LogP contribution < -0.4 is 5.32 Å². The smallest absolute Gasteiger partial charge is 0.407 e. The Labute approximate surface area is 130 Å². The molecule has 1 aliphatic heterocycles. The lowest BCUT2D eigenvalue weighted by molar-refractivity contribution is -0.138. The van der Waals surface area contributed by atoms with E-state index in [1.165, 1.54) is 0 Å². The Morgan fingerprint density at radius 1 is 1.36 bits per heavy atom. The number of carboxylic acid groups (broad SMARTS) is 1. The van der Waals surface area contributed by atoms with E-state index < -0.39 is 17.6 Å². The van der Waals surface area contributed by atoms with Crippen molar-refractivity contribution >= 4 is 12.1 Å². The Hall–Kier alpha value is -2.08. The van der Waals surface area contributed by atoms with Crippen LogP contribution in [0.1, 0.15) is 25.3 Å². The second kappa shape index (κ2) is 7.26. The minimum atomic E-state index is -0.915. The maximum absolute atomic E-state index is 12.0. The molecule has 6 nitrogen and oxygen atoms in total.